The highest BCUT2D eigenvalue weighted by Crippen LogP contribution is 2.33. The number of nitrogens with one attached hydrogen (secondary N) is 1. The highest BCUT2D eigenvalue weighted by Gasteiger charge is 2.11. The molecule has 0 fully saturated rings. The van der Waals surface area contributed by atoms with E-state index in [9.17, 15) is 0 Å². The highest BCUT2D eigenvalue weighted by atomic mass is 79.9. The largest absolute Gasteiger partial charge is 0.333 e. The third-order valence-electron chi connectivity index (χ3n) is 3.04. The summed E-state index contributed by atoms with van der Waals surface area (Å²) in [5.74, 6) is 0. The minimum absolute atomic E-state index is 0.0145. The molecule has 3 nitrogen and oxygen atoms in total. The van der Waals surface area contributed by atoms with Gasteiger partial charge in [-0.1, -0.05) is 39.8 Å². The molecule has 0 aliphatic rings. The molecule has 0 radical (unpaired) electrons. The lowest BCUT2D eigenvalue weighted by molar-refractivity contribution is 0.796. The van der Waals surface area contributed by atoms with Crippen molar-refractivity contribution in [1.82, 2.24) is 9.97 Å². The van der Waals surface area contributed by atoms with Crippen molar-refractivity contribution >= 4 is 38.7 Å². The number of imidazole rings is 1. The number of fused-ring (bicyclic) bond motifs is 1. The third kappa shape index (κ3) is 2.75. The first-order valence-electron chi connectivity index (χ1n) is 6.31. The van der Waals surface area contributed by atoms with E-state index in [4.69, 9.17) is 5.73 Å². The van der Waals surface area contributed by atoms with Crippen LogP contribution in [0, 0.1) is 0 Å². The molecule has 5 heteroatoms. The molecule has 0 saturated carbocycles. The number of hydrogen-bond donors (Lipinski definition) is 2. The minimum atomic E-state index is -0.0145. The third-order valence-corrected chi connectivity index (χ3v) is 4.51. The number of para-hydroxylation sites is 2. The van der Waals surface area contributed by atoms with Gasteiger partial charge in [0.25, 0.3) is 0 Å². The van der Waals surface area contributed by atoms with Crippen molar-refractivity contribution in [2.24, 2.45) is 5.73 Å². The van der Waals surface area contributed by atoms with Gasteiger partial charge >= 0.3 is 0 Å². The summed E-state index contributed by atoms with van der Waals surface area (Å²) in [4.78, 5) is 9.04. The SMILES string of the molecule is CC(N)c1cc(Br)ccc1Sc1nc2ccccc2[nH]1. The summed E-state index contributed by atoms with van der Waals surface area (Å²) in [7, 11) is 0. The van der Waals surface area contributed by atoms with E-state index in [-0.39, 0.29) is 6.04 Å². The van der Waals surface area contributed by atoms with Crippen LogP contribution in [-0.2, 0) is 0 Å². The Balaban J connectivity index is 1.98. The molecule has 0 spiro atoms. The van der Waals surface area contributed by atoms with Crippen LogP contribution in [0.25, 0.3) is 11.0 Å². The average Bonchev–Trinajstić information content (AvgIpc) is 2.82. The molecule has 20 heavy (non-hydrogen) atoms. The summed E-state index contributed by atoms with van der Waals surface area (Å²) >= 11 is 5.10. The van der Waals surface area contributed by atoms with E-state index in [0.29, 0.717) is 0 Å². The second kappa shape index (κ2) is 5.60. The molecule has 3 rings (SSSR count). The Morgan fingerprint density at radius 3 is 2.80 bits per heavy atom. The maximum atomic E-state index is 6.05. The van der Waals surface area contributed by atoms with Crippen LogP contribution in [0.4, 0.5) is 0 Å². The number of hydrogen-bond acceptors (Lipinski definition) is 3. The Morgan fingerprint density at radius 1 is 1.25 bits per heavy atom. The molecule has 0 bridgehead atoms. The Kier molecular flexibility index (Phi) is 3.83. The van der Waals surface area contributed by atoms with E-state index in [1.165, 1.54) is 0 Å². The summed E-state index contributed by atoms with van der Waals surface area (Å²) < 4.78 is 1.04. The minimum Gasteiger partial charge on any atom is -0.333 e. The van der Waals surface area contributed by atoms with Gasteiger partial charge in [-0.2, -0.15) is 0 Å². The highest BCUT2D eigenvalue weighted by molar-refractivity contribution is 9.10. The average molecular weight is 348 g/mol. The first kappa shape index (κ1) is 13.7. The monoisotopic (exact) mass is 347 g/mol. The lowest BCUT2D eigenvalue weighted by Crippen LogP contribution is -2.06. The molecule has 3 N–H and O–H groups in total. The summed E-state index contributed by atoms with van der Waals surface area (Å²) in [6, 6.07) is 14.2. The summed E-state index contributed by atoms with van der Waals surface area (Å²) in [5.41, 5.74) is 9.19. The van der Waals surface area contributed by atoms with Crippen molar-refractivity contribution in [2.45, 2.75) is 23.0 Å². The predicted molar refractivity (Wildman–Crippen MR) is 87.0 cm³/mol. The Hall–Kier alpha value is -1.30. The molecular weight excluding hydrogens is 334 g/mol. The molecule has 1 atom stereocenters. The topological polar surface area (TPSA) is 54.7 Å². The number of aromatic amines is 1. The van der Waals surface area contributed by atoms with E-state index in [1.807, 2.05) is 37.3 Å². The number of aromatic nitrogens is 2. The number of nitrogens with two attached hydrogens (primary N) is 1. The Labute approximate surface area is 130 Å². The molecule has 3 aromatic rings. The molecule has 1 unspecified atom stereocenters. The molecule has 102 valence electrons. The number of H-pyrrole nitrogens is 1. The van der Waals surface area contributed by atoms with Crippen molar-refractivity contribution in [2.75, 3.05) is 0 Å². The summed E-state index contributed by atoms with van der Waals surface area (Å²) in [6.07, 6.45) is 0. The van der Waals surface area contributed by atoms with Gasteiger partial charge in [-0.15, -0.1) is 0 Å². The molecule has 1 heterocycles. The second-order valence-corrected chi connectivity index (χ2v) is 6.58. The van der Waals surface area contributed by atoms with Crippen LogP contribution in [0.2, 0.25) is 0 Å². The number of rotatable bonds is 3. The van der Waals surface area contributed by atoms with Crippen LogP contribution in [0.3, 0.4) is 0 Å². The van der Waals surface area contributed by atoms with Gasteiger partial charge in [-0.25, -0.2) is 4.98 Å². The fourth-order valence-corrected chi connectivity index (χ4v) is 3.44. The van der Waals surface area contributed by atoms with Crippen LogP contribution in [0.15, 0.2) is 57.0 Å². The normalized spacial score (nSPS) is 12.8. The van der Waals surface area contributed by atoms with Crippen molar-refractivity contribution in [1.29, 1.82) is 0 Å². The molecule has 0 amide bonds. The van der Waals surface area contributed by atoms with Crippen molar-refractivity contribution in [3.63, 3.8) is 0 Å². The van der Waals surface area contributed by atoms with Gasteiger partial charge in [0.1, 0.15) is 0 Å². The quantitative estimate of drug-likeness (QED) is 0.733. The van der Waals surface area contributed by atoms with E-state index in [0.717, 1.165) is 31.1 Å². The van der Waals surface area contributed by atoms with Gasteiger partial charge in [0.05, 0.1) is 11.0 Å². The van der Waals surface area contributed by atoms with E-state index in [2.05, 4.69) is 38.0 Å². The first-order chi connectivity index (χ1) is 9.63. The number of nitrogens with zero attached hydrogens (tertiary/aromatic N) is 1. The number of halogens is 1. The number of benzene rings is 2. The zero-order chi connectivity index (χ0) is 14.1. The van der Waals surface area contributed by atoms with E-state index >= 15 is 0 Å². The van der Waals surface area contributed by atoms with Gasteiger partial charge in [-0.3, -0.25) is 0 Å². The predicted octanol–water partition coefficient (Wildman–Crippen LogP) is 4.50. The molecule has 0 aliphatic heterocycles. The second-order valence-electron chi connectivity index (χ2n) is 4.63. The first-order valence-corrected chi connectivity index (χ1v) is 7.92. The lowest BCUT2D eigenvalue weighted by atomic mass is 10.1. The fourth-order valence-electron chi connectivity index (χ4n) is 2.05. The maximum absolute atomic E-state index is 6.05. The van der Waals surface area contributed by atoms with Gasteiger partial charge in [0.15, 0.2) is 5.16 Å². The molecule has 0 aliphatic carbocycles. The Bertz CT molecular complexity index is 719. The Morgan fingerprint density at radius 2 is 2.05 bits per heavy atom. The zero-order valence-electron chi connectivity index (χ0n) is 10.9. The van der Waals surface area contributed by atoms with E-state index in [1.54, 1.807) is 11.8 Å². The summed E-state index contributed by atoms with van der Waals surface area (Å²) in [6.45, 7) is 1.99. The van der Waals surface area contributed by atoms with Crippen LogP contribution >= 0.6 is 27.7 Å². The molecule has 2 aromatic carbocycles. The van der Waals surface area contributed by atoms with Crippen LogP contribution in [0.5, 0.6) is 0 Å². The van der Waals surface area contributed by atoms with Crippen molar-refractivity contribution in [3.8, 4) is 0 Å². The molecule has 0 saturated heterocycles. The van der Waals surface area contributed by atoms with Crippen molar-refractivity contribution < 1.29 is 0 Å². The van der Waals surface area contributed by atoms with Gasteiger partial charge < -0.3 is 10.7 Å². The van der Waals surface area contributed by atoms with Crippen LogP contribution in [-0.4, -0.2) is 9.97 Å². The van der Waals surface area contributed by atoms with Gasteiger partial charge in [0.2, 0.25) is 0 Å². The molecular formula is C15H14BrN3S. The standard InChI is InChI=1S/C15H14BrN3S/c1-9(17)11-8-10(16)6-7-14(11)20-15-18-12-4-2-3-5-13(12)19-15/h2-9H,17H2,1H3,(H,18,19). The maximum Gasteiger partial charge on any atom is 0.171 e. The van der Waals surface area contributed by atoms with Crippen LogP contribution in [0.1, 0.15) is 18.5 Å². The zero-order valence-corrected chi connectivity index (χ0v) is 13.3. The van der Waals surface area contributed by atoms with Gasteiger partial charge in [0, 0.05) is 15.4 Å². The van der Waals surface area contributed by atoms with E-state index < -0.39 is 0 Å². The summed E-state index contributed by atoms with van der Waals surface area (Å²) in [5, 5.41) is 0.885. The van der Waals surface area contributed by atoms with Crippen LogP contribution < -0.4 is 5.73 Å². The van der Waals surface area contributed by atoms with Gasteiger partial charge in [-0.05, 0) is 42.8 Å². The smallest absolute Gasteiger partial charge is 0.171 e. The molecule has 1 aromatic heterocycles. The van der Waals surface area contributed by atoms with Crippen molar-refractivity contribution in [3.05, 3.63) is 52.5 Å². The lowest BCUT2D eigenvalue weighted by Gasteiger charge is -2.11. The fraction of sp³-hybridized carbons (Fsp3) is 0.133.